The van der Waals surface area contributed by atoms with E-state index >= 15 is 0 Å². The lowest BCUT2D eigenvalue weighted by Crippen LogP contribution is -1.85. The Morgan fingerprint density at radius 1 is 1.12 bits per heavy atom. The largest absolute Gasteiger partial charge is 0.245 e. The molecule has 0 saturated carbocycles. The SMILES string of the molecule is Cc1nc(Sc2ccc(Cl)c(Cl)c2)ccc1Br. The van der Waals surface area contributed by atoms with E-state index in [0.29, 0.717) is 10.0 Å². The molecule has 0 aliphatic rings. The maximum atomic E-state index is 5.96. The van der Waals surface area contributed by atoms with Gasteiger partial charge in [0.05, 0.1) is 15.7 Å². The van der Waals surface area contributed by atoms with Crippen LogP contribution >= 0.6 is 50.9 Å². The van der Waals surface area contributed by atoms with Gasteiger partial charge in [0.1, 0.15) is 5.03 Å². The van der Waals surface area contributed by atoms with E-state index in [0.717, 1.165) is 20.1 Å². The Morgan fingerprint density at radius 2 is 1.88 bits per heavy atom. The average Bonchev–Trinajstić information content (AvgIpc) is 2.29. The normalized spacial score (nSPS) is 10.6. The number of pyridine rings is 1. The standard InChI is InChI=1S/C12H8BrCl2NS/c1-7-9(13)3-5-12(16-7)17-8-2-4-10(14)11(15)6-8/h2-6H,1H3. The van der Waals surface area contributed by atoms with E-state index in [4.69, 9.17) is 23.2 Å². The molecular formula is C12H8BrCl2NS. The van der Waals surface area contributed by atoms with Crippen LogP contribution in [0.25, 0.3) is 0 Å². The van der Waals surface area contributed by atoms with Gasteiger partial charge in [0, 0.05) is 9.37 Å². The second-order valence-corrected chi connectivity index (χ2v) is 6.16. The molecule has 0 bridgehead atoms. The lowest BCUT2D eigenvalue weighted by molar-refractivity contribution is 1.05. The van der Waals surface area contributed by atoms with Crippen LogP contribution in [0.15, 0.2) is 44.7 Å². The van der Waals surface area contributed by atoms with E-state index in [-0.39, 0.29) is 0 Å². The van der Waals surface area contributed by atoms with Crippen LogP contribution < -0.4 is 0 Å². The summed E-state index contributed by atoms with van der Waals surface area (Å²) in [6.07, 6.45) is 0. The second kappa shape index (κ2) is 5.61. The summed E-state index contributed by atoms with van der Waals surface area (Å²) in [4.78, 5) is 5.48. The quantitative estimate of drug-likeness (QED) is 0.699. The van der Waals surface area contributed by atoms with Gasteiger partial charge < -0.3 is 0 Å². The first-order valence-corrected chi connectivity index (χ1v) is 7.19. The van der Waals surface area contributed by atoms with Crippen molar-refractivity contribution in [2.75, 3.05) is 0 Å². The first kappa shape index (κ1) is 13.2. The molecule has 0 aliphatic heterocycles. The van der Waals surface area contributed by atoms with Gasteiger partial charge in [-0.2, -0.15) is 0 Å². The summed E-state index contributed by atoms with van der Waals surface area (Å²) in [6, 6.07) is 9.51. The highest BCUT2D eigenvalue weighted by atomic mass is 79.9. The predicted molar refractivity (Wildman–Crippen MR) is 77.3 cm³/mol. The Bertz CT molecular complexity index is 511. The molecule has 1 heterocycles. The van der Waals surface area contributed by atoms with Crippen LogP contribution in [0.1, 0.15) is 5.69 Å². The number of hydrogen-bond acceptors (Lipinski definition) is 2. The van der Waals surface area contributed by atoms with Crippen LogP contribution in [0.5, 0.6) is 0 Å². The van der Waals surface area contributed by atoms with Crippen LogP contribution in [0.2, 0.25) is 10.0 Å². The highest BCUT2D eigenvalue weighted by Crippen LogP contribution is 2.32. The molecule has 0 aliphatic carbocycles. The first-order chi connectivity index (χ1) is 8.06. The summed E-state index contributed by atoms with van der Waals surface area (Å²) in [5.74, 6) is 0. The molecule has 1 nitrogen and oxygen atoms in total. The second-order valence-electron chi connectivity index (χ2n) is 3.39. The zero-order chi connectivity index (χ0) is 12.4. The van der Waals surface area contributed by atoms with Crippen molar-refractivity contribution in [3.05, 3.63) is 50.5 Å². The van der Waals surface area contributed by atoms with Crippen molar-refractivity contribution in [3.8, 4) is 0 Å². The molecule has 88 valence electrons. The molecule has 0 amide bonds. The van der Waals surface area contributed by atoms with Gasteiger partial charge in [-0.1, -0.05) is 35.0 Å². The van der Waals surface area contributed by atoms with Crippen molar-refractivity contribution >= 4 is 50.9 Å². The first-order valence-electron chi connectivity index (χ1n) is 4.82. The summed E-state index contributed by atoms with van der Waals surface area (Å²) in [6.45, 7) is 1.96. The minimum Gasteiger partial charge on any atom is -0.245 e. The molecule has 0 atom stereocenters. The number of benzene rings is 1. The molecule has 17 heavy (non-hydrogen) atoms. The van der Waals surface area contributed by atoms with Crippen LogP contribution in [-0.2, 0) is 0 Å². The van der Waals surface area contributed by atoms with Gasteiger partial charge in [-0.25, -0.2) is 4.98 Å². The summed E-state index contributed by atoms with van der Waals surface area (Å²) in [5, 5.41) is 2.06. The number of nitrogens with zero attached hydrogens (tertiary/aromatic N) is 1. The van der Waals surface area contributed by atoms with Gasteiger partial charge >= 0.3 is 0 Å². The number of halogens is 3. The molecule has 1 aromatic carbocycles. The predicted octanol–water partition coefficient (Wildman–Crippen LogP) is 5.61. The van der Waals surface area contributed by atoms with Gasteiger partial charge in [0.15, 0.2) is 0 Å². The number of rotatable bonds is 2. The average molecular weight is 349 g/mol. The lowest BCUT2D eigenvalue weighted by atomic mass is 10.4. The zero-order valence-electron chi connectivity index (χ0n) is 8.88. The van der Waals surface area contributed by atoms with Crippen LogP contribution in [0.4, 0.5) is 0 Å². The maximum Gasteiger partial charge on any atom is 0.101 e. The van der Waals surface area contributed by atoms with E-state index in [1.165, 1.54) is 0 Å². The van der Waals surface area contributed by atoms with Crippen LogP contribution in [0, 0.1) is 6.92 Å². The smallest absolute Gasteiger partial charge is 0.101 e. The molecule has 0 saturated heterocycles. The van der Waals surface area contributed by atoms with Crippen molar-refractivity contribution in [2.45, 2.75) is 16.8 Å². The third-order valence-electron chi connectivity index (χ3n) is 2.11. The lowest BCUT2D eigenvalue weighted by Gasteiger charge is -2.04. The molecule has 0 unspecified atom stereocenters. The third-order valence-corrected chi connectivity index (χ3v) is 4.61. The summed E-state index contributed by atoms with van der Waals surface area (Å²) < 4.78 is 1.01. The molecule has 5 heteroatoms. The molecule has 1 aromatic heterocycles. The summed E-state index contributed by atoms with van der Waals surface area (Å²) >= 11 is 16.8. The molecule has 0 fully saturated rings. The molecule has 0 radical (unpaired) electrons. The van der Waals surface area contributed by atoms with Crippen LogP contribution in [0.3, 0.4) is 0 Å². The van der Waals surface area contributed by atoms with E-state index < -0.39 is 0 Å². The number of aryl methyl sites for hydroxylation is 1. The Morgan fingerprint density at radius 3 is 2.53 bits per heavy atom. The molecular weight excluding hydrogens is 341 g/mol. The Labute approximate surface area is 123 Å². The molecule has 0 N–H and O–H groups in total. The van der Waals surface area contributed by atoms with Gasteiger partial charge in [-0.05, 0) is 53.2 Å². The minimum atomic E-state index is 0.561. The van der Waals surface area contributed by atoms with Crippen molar-refractivity contribution < 1.29 is 0 Å². The summed E-state index contributed by atoms with van der Waals surface area (Å²) in [5.41, 5.74) is 0.968. The van der Waals surface area contributed by atoms with E-state index in [2.05, 4.69) is 20.9 Å². The molecule has 2 rings (SSSR count). The minimum absolute atomic E-state index is 0.561. The fourth-order valence-corrected chi connectivity index (χ4v) is 2.70. The number of hydrogen-bond donors (Lipinski definition) is 0. The Kier molecular flexibility index (Phi) is 4.36. The van der Waals surface area contributed by atoms with Gasteiger partial charge in [0.25, 0.3) is 0 Å². The Hall–Kier alpha value is -0.220. The highest BCUT2D eigenvalue weighted by Gasteiger charge is 2.04. The topological polar surface area (TPSA) is 12.9 Å². The fourth-order valence-electron chi connectivity index (χ4n) is 1.24. The fraction of sp³-hybridized carbons (Fsp3) is 0.0833. The Balaban J connectivity index is 2.25. The monoisotopic (exact) mass is 347 g/mol. The van der Waals surface area contributed by atoms with E-state index in [1.807, 2.05) is 31.2 Å². The van der Waals surface area contributed by atoms with Gasteiger partial charge in [-0.15, -0.1) is 0 Å². The van der Waals surface area contributed by atoms with Crippen LogP contribution in [-0.4, -0.2) is 4.98 Å². The maximum absolute atomic E-state index is 5.96. The van der Waals surface area contributed by atoms with Gasteiger partial charge in [0.2, 0.25) is 0 Å². The highest BCUT2D eigenvalue weighted by molar-refractivity contribution is 9.10. The molecule has 0 spiro atoms. The number of aromatic nitrogens is 1. The third kappa shape index (κ3) is 3.38. The summed E-state index contributed by atoms with van der Waals surface area (Å²) in [7, 11) is 0. The van der Waals surface area contributed by atoms with E-state index in [9.17, 15) is 0 Å². The van der Waals surface area contributed by atoms with Crippen molar-refractivity contribution in [2.24, 2.45) is 0 Å². The molecule has 2 aromatic rings. The zero-order valence-corrected chi connectivity index (χ0v) is 12.8. The van der Waals surface area contributed by atoms with E-state index in [1.54, 1.807) is 17.8 Å². The van der Waals surface area contributed by atoms with Gasteiger partial charge in [-0.3, -0.25) is 0 Å². The van der Waals surface area contributed by atoms with Crippen molar-refractivity contribution in [3.63, 3.8) is 0 Å². The van der Waals surface area contributed by atoms with Crippen molar-refractivity contribution in [1.29, 1.82) is 0 Å². The van der Waals surface area contributed by atoms with Crippen molar-refractivity contribution in [1.82, 2.24) is 4.98 Å².